The van der Waals surface area contributed by atoms with Gasteiger partial charge in [-0.2, -0.15) is 0 Å². The van der Waals surface area contributed by atoms with E-state index < -0.39 is 0 Å². The van der Waals surface area contributed by atoms with Crippen LogP contribution < -0.4 is 5.32 Å². The molecule has 3 nitrogen and oxygen atoms in total. The van der Waals surface area contributed by atoms with E-state index in [0.717, 1.165) is 27.7 Å². The predicted molar refractivity (Wildman–Crippen MR) is 73.2 cm³/mol. The van der Waals surface area contributed by atoms with E-state index in [1.54, 1.807) is 0 Å². The van der Waals surface area contributed by atoms with Crippen LogP contribution in [0.15, 0.2) is 16.6 Å². The lowest BCUT2D eigenvalue weighted by Crippen LogP contribution is -2.11. The summed E-state index contributed by atoms with van der Waals surface area (Å²) in [5.41, 5.74) is 3.04. The Morgan fingerprint density at radius 2 is 1.88 bits per heavy atom. The molecule has 1 rings (SSSR count). The van der Waals surface area contributed by atoms with Gasteiger partial charge < -0.3 is 10.4 Å². The van der Waals surface area contributed by atoms with Crippen LogP contribution in [0.3, 0.4) is 0 Å². The molecule has 0 heterocycles. The fraction of sp³-hybridized carbons (Fsp3) is 0.462. The van der Waals surface area contributed by atoms with Crippen molar-refractivity contribution in [2.45, 2.75) is 33.1 Å². The number of rotatable bonds is 5. The molecule has 1 amide bonds. The fourth-order valence-corrected chi connectivity index (χ4v) is 1.87. The second kappa shape index (κ2) is 6.77. The number of benzene rings is 1. The molecule has 4 heteroatoms. The number of carbonyl (C=O) groups is 1. The molecule has 0 atom stereocenters. The number of anilines is 1. The van der Waals surface area contributed by atoms with Crippen LogP contribution >= 0.6 is 15.9 Å². The lowest BCUT2D eigenvalue weighted by atomic mass is 10.1. The standard InChI is InChI=1S/C13H18BrNO2/c1-9-7-11(8-10(2)13(9)14)15-12(17)5-3-4-6-16/h7-8,16H,3-6H2,1-2H3,(H,15,17). The first kappa shape index (κ1) is 14.2. The Kier molecular flexibility index (Phi) is 5.65. The summed E-state index contributed by atoms with van der Waals surface area (Å²) in [5, 5.41) is 11.5. The molecule has 0 spiro atoms. The second-order valence-electron chi connectivity index (χ2n) is 4.15. The molecule has 0 bridgehead atoms. The van der Waals surface area contributed by atoms with Gasteiger partial charge in [-0.25, -0.2) is 0 Å². The van der Waals surface area contributed by atoms with Crippen molar-refractivity contribution in [1.29, 1.82) is 0 Å². The first-order chi connectivity index (χ1) is 8.04. The quantitative estimate of drug-likeness (QED) is 0.821. The van der Waals surface area contributed by atoms with Gasteiger partial charge in [-0.15, -0.1) is 0 Å². The van der Waals surface area contributed by atoms with Gasteiger partial charge in [-0.1, -0.05) is 15.9 Å². The van der Waals surface area contributed by atoms with Gasteiger partial charge in [0.05, 0.1) is 0 Å². The van der Waals surface area contributed by atoms with Crippen LogP contribution in [0, 0.1) is 13.8 Å². The summed E-state index contributed by atoms with van der Waals surface area (Å²) in [6, 6.07) is 3.89. The molecule has 0 saturated carbocycles. The Balaban J connectivity index is 2.60. The maximum atomic E-state index is 11.6. The number of amides is 1. The molecule has 2 N–H and O–H groups in total. The highest BCUT2D eigenvalue weighted by Crippen LogP contribution is 2.25. The zero-order valence-electron chi connectivity index (χ0n) is 10.2. The molecule has 1 aromatic rings. The SMILES string of the molecule is Cc1cc(NC(=O)CCCCO)cc(C)c1Br. The van der Waals surface area contributed by atoms with Gasteiger partial charge in [0.25, 0.3) is 0 Å². The van der Waals surface area contributed by atoms with Crippen LogP contribution in [0.25, 0.3) is 0 Å². The molecular weight excluding hydrogens is 282 g/mol. The van der Waals surface area contributed by atoms with E-state index in [9.17, 15) is 4.79 Å². The van der Waals surface area contributed by atoms with Crippen LogP contribution in [0.5, 0.6) is 0 Å². The predicted octanol–water partition coefficient (Wildman–Crippen LogP) is 3.17. The monoisotopic (exact) mass is 299 g/mol. The average Bonchev–Trinajstić information content (AvgIpc) is 2.26. The van der Waals surface area contributed by atoms with Crippen LogP contribution in [-0.4, -0.2) is 17.6 Å². The Bertz CT molecular complexity index is 381. The number of nitrogens with one attached hydrogen (secondary N) is 1. The van der Waals surface area contributed by atoms with E-state index in [2.05, 4.69) is 21.2 Å². The van der Waals surface area contributed by atoms with Crippen molar-refractivity contribution in [3.8, 4) is 0 Å². The summed E-state index contributed by atoms with van der Waals surface area (Å²) in [6.45, 7) is 4.14. The molecule has 0 saturated heterocycles. The van der Waals surface area contributed by atoms with Gasteiger partial charge in [-0.05, 0) is 49.9 Å². The Morgan fingerprint density at radius 3 is 2.41 bits per heavy atom. The van der Waals surface area contributed by atoms with Crippen LogP contribution in [-0.2, 0) is 4.79 Å². The minimum atomic E-state index is -0.000396. The molecule has 0 aliphatic rings. The first-order valence-corrected chi connectivity index (χ1v) is 6.51. The summed E-state index contributed by atoms with van der Waals surface area (Å²) in [5.74, 6) is -0.000396. The molecule has 0 aliphatic carbocycles. The van der Waals surface area contributed by atoms with E-state index >= 15 is 0 Å². The minimum Gasteiger partial charge on any atom is -0.396 e. The zero-order chi connectivity index (χ0) is 12.8. The molecule has 0 fully saturated rings. The third-order valence-corrected chi connectivity index (χ3v) is 3.78. The Labute approximate surface area is 110 Å². The van der Waals surface area contributed by atoms with E-state index in [-0.39, 0.29) is 12.5 Å². The smallest absolute Gasteiger partial charge is 0.224 e. The number of hydrogen-bond donors (Lipinski definition) is 2. The Morgan fingerprint density at radius 1 is 1.29 bits per heavy atom. The van der Waals surface area contributed by atoms with Gasteiger partial charge >= 0.3 is 0 Å². The van der Waals surface area contributed by atoms with Crippen LogP contribution in [0.4, 0.5) is 5.69 Å². The van der Waals surface area contributed by atoms with Gasteiger partial charge in [0.2, 0.25) is 5.91 Å². The normalized spacial score (nSPS) is 10.4. The largest absolute Gasteiger partial charge is 0.396 e. The molecular formula is C13H18BrNO2. The topological polar surface area (TPSA) is 49.3 Å². The van der Waals surface area contributed by atoms with Gasteiger partial charge in [-0.3, -0.25) is 4.79 Å². The van der Waals surface area contributed by atoms with E-state index in [1.807, 2.05) is 26.0 Å². The number of carbonyl (C=O) groups excluding carboxylic acids is 1. The molecule has 0 aliphatic heterocycles. The maximum Gasteiger partial charge on any atom is 0.224 e. The highest BCUT2D eigenvalue weighted by atomic mass is 79.9. The fourth-order valence-electron chi connectivity index (χ4n) is 1.64. The number of aliphatic hydroxyl groups excluding tert-OH is 1. The van der Waals surface area contributed by atoms with Crippen LogP contribution in [0.1, 0.15) is 30.4 Å². The van der Waals surface area contributed by atoms with Gasteiger partial charge in [0.1, 0.15) is 0 Å². The lowest BCUT2D eigenvalue weighted by Gasteiger charge is -2.09. The first-order valence-electron chi connectivity index (χ1n) is 5.72. The summed E-state index contributed by atoms with van der Waals surface area (Å²) < 4.78 is 1.08. The summed E-state index contributed by atoms with van der Waals surface area (Å²) in [6.07, 6.45) is 1.84. The lowest BCUT2D eigenvalue weighted by molar-refractivity contribution is -0.116. The molecule has 94 valence electrons. The number of aryl methyl sites for hydroxylation is 2. The number of unbranched alkanes of at least 4 members (excludes halogenated alkanes) is 1. The highest BCUT2D eigenvalue weighted by Gasteiger charge is 2.05. The van der Waals surface area contributed by atoms with Crippen molar-refractivity contribution in [2.75, 3.05) is 11.9 Å². The van der Waals surface area contributed by atoms with Gasteiger partial charge in [0, 0.05) is 23.2 Å². The van der Waals surface area contributed by atoms with Crippen molar-refractivity contribution in [1.82, 2.24) is 0 Å². The van der Waals surface area contributed by atoms with E-state index in [4.69, 9.17) is 5.11 Å². The third-order valence-electron chi connectivity index (χ3n) is 2.53. The summed E-state index contributed by atoms with van der Waals surface area (Å²) in [7, 11) is 0. The number of hydrogen-bond acceptors (Lipinski definition) is 2. The zero-order valence-corrected chi connectivity index (χ0v) is 11.8. The van der Waals surface area contributed by atoms with Gasteiger partial charge in [0.15, 0.2) is 0 Å². The second-order valence-corrected chi connectivity index (χ2v) is 4.95. The van der Waals surface area contributed by atoms with Crippen LogP contribution in [0.2, 0.25) is 0 Å². The van der Waals surface area contributed by atoms with Crippen molar-refractivity contribution in [2.24, 2.45) is 0 Å². The average molecular weight is 300 g/mol. The molecule has 17 heavy (non-hydrogen) atoms. The summed E-state index contributed by atoms with van der Waals surface area (Å²) >= 11 is 3.49. The number of halogens is 1. The van der Waals surface area contributed by atoms with E-state index in [1.165, 1.54) is 0 Å². The molecule has 0 unspecified atom stereocenters. The van der Waals surface area contributed by atoms with Crippen molar-refractivity contribution in [3.63, 3.8) is 0 Å². The van der Waals surface area contributed by atoms with Crippen molar-refractivity contribution >= 4 is 27.5 Å². The minimum absolute atomic E-state index is 0.000396. The summed E-state index contributed by atoms with van der Waals surface area (Å²) in [4.78, 5) is 11.6. The van der Waals surface area contributed by atoms with Crippen molar-refractivity contribution in [3.05, 3.63) is 27.7 Å². The third kappa shape index (κ3) is 4.48. The molecule has 0 radical (unpaired) electrons. The highest BCUT2D eigenvalue weighted by molar-refractivity contribution is 9.10. The molecule has 1 aromatic carbocycles. The Hall–Kier alpha value is -0.870. The molecule has 0 aromatic heterocycles. The number of aliphatic hydroxyl groups is 1. The van der Waals surface area contributed by atoms with E-state index in [0.29, 0.717) is 12.8 Å². The van der Waals surface area contributed by atoms with Crippen molar-refractivity contribution < 1.29 is 9.90 Å². The maximum absolute atomic E-state index is 11.6.